The van der Waals surface area contributed by atoms with Crippen molar-refractivity contribution in [2.24, 2.45) is 0 Å². The van der Waals surface area contributed by atoms with Crippen LogP contribution in [0.25, 0.3) is 0 Å². The Morgan fingerprint density at radius 2 is 2.00 bits per heavy atom. The summed E-state index contributed by atoms with van der Waals surface area (Å²) in [6, 6.07) is 9.75. The minimum atomic E-state index is -1.58. The second kappa shape index (κ2) is 8.58. The Kier molecular flexibility index (Phi) is 6.48. The maximum atomic E-state index is 13.1. The van der Waals surface area contributed by atoms with Crippen molar-refractivity contribution >= 4 is 5.78 Å². The van der Waals surface area contributed by atoms with Crippen molar-refractivity contribution in [3.8, 4) is 12.3 Å². The zero-order valence-electron chi connectivity index (χ0n) is 14.6. The van der Waals surface area contributed by atoms with Crippen molar-refractivity contribution in [3.05, 3.63) is 54.1 Å². The summed E-state index contributed by atoms with van der Waals surface area (Å²) in [6.45, 7) is 1.93. The Balaban J connectivity index is 2.33. The number of ether oxygens (including phenoxy) is 3. The van der Waals surface area contributed by atoms with E-state index in [1.807, 2.05) is 37.3 Å². The number of carbonyl (C=O) groups is 1. The fourth-order valence-corrected chi connectivity index (χ4v) is 2.57. The molecule has 6 nitrogen and oxygen atoms in total. The fraction of sp³-hybridized carbons (Fsp3) is 0.368. The molecule has 25 heavy (non-hydrogen) atoms. The quantitative estimate of drug-likeness (QED) is 0.303. The van der Waals surface area contributed by atoms with Crippen molar-refractivity contribution < 1.29 is 19.0 Å². The van der Waals surface area contributed by atoms with Gasteiger partial charge in [0.15, 0.2) is 0 Å². The minimum absolute atomic E-state index is 0.0570. The lowest BCUT2D eigenvalue weighted by atomic mass is 10.1. The summed E-state index contributed by atoms with van der Waals surface area (Å²) in [7, 11) is 2.78. The number of hydrogen-bond donors (Lipinski definition) is 0. The average molecular weight is 342 g/mol. The molecular formula is C19H22N2O4. The molecule has 0 amide bonds. The van der Waals surface area contributed by atoms with Gasteiger partial charge < -0.3 is 18.8 Å². The summed E-state index contributed by atoms with van der Waals surface area (Å²) < 4.78 is 17.8. The Hall–Kier alpha value is -2.46. The second-order valence-electron chi connectivity index (χ2n) is 5.46. The van der Waals surface area contributed by atoms with Crippen LogP contribution in [0.3, 0.4) is 0 Å². The predicted octanol–water partition coefficient (Wildman–Crippen LogP) is 2.31. The van der Waals surface area contributed by atoms with Crippen LogP contribution in [0.15, 0.2) is 42.9 Å². The number of hydrogen-bond acceptors (Lipinski definition) is 5. The molecule has 2 aromatic rings. The average Bonchev–Trinajstić information content (AvgIpc) is 3.15. The van der Waals surface area contributed by atoms with Gasteiger partial charge in [-0.1, -0.05) is 36.3 Å². The lowest BCUT2D eigenvalue weighted by molar-refractivity contribution is -0.197. The highest BCUT2D eigenvalue weighted by molar-refractivity contribution is 6.00. The van der Waals surface area contributed by atoms with Crippen LogP contribution in [0.4, 0.5) is 0 Å². The van der Waals surface area contributed by atoms with Gasteiger partial charge in [-0.05, 0) is 12.5 Å². The van der Waals surface area contributed by atoms with Gasteiger partial charge in [-0.25, -0.2) is 4.98 Å². The van der Waals surface area contributed by atoms with Crippen LogP contribution < -0.4 is 0 Å². The maximum Gasteiger partial charge on any atom is 0.259 e. The van der Waals surface area contributed by atoms with E-state index in [-0.39, 0.29) is 25.0 Å². The molecule has 6 heteroatoms. The monoisotopic (exact) mass is 342 g/mol. The van der Waals surface area contributed by atoms with Crippen LogP contribution in [0.2, 0.25) is 0 Å². The maximum absolute atomic E-state index is 13.1. The van der Waals surface area contributed by atoms with Gasteiger partial charge in [0.2, 0.25) is 5.78 Å². The molecule has 0 saturated carbocycles. The highest BCUT2D eigenvalue weighted by atomic mass is 16.7. The summed E-state index contributed by atoms with van der Waals surface area (Å²) in [5.41, 5.74) is 1.42. The van der Waals surface area contributed by atoms with Crippen LogP contribution in [0.5, 0.6) is 0 Å². The van der Waals surface area contributed by atoms with Crippen molar-refractivity contribution in [2.45, 2.75) is 18.8 Å². The number of benzene rings is 1. The SMILES string of the molecule is C#CCOCC(OC)(OC)C(=O)c1cncn1[C@H](C)c1ccccc1. The van der Waals surface area contributed by atoms with Crippen LogP contribution in [0.1, 0.15) is 29.0 Å². The molecule has 1 aromatic heterocycles. The number of nitrogens with zero attached hydrogens (tertiary/aromatic N) is 2. The summed E-state index contributed by atoms with van der Waals surface area (Å²) in [4.78, 5) is 17.2. The van der Waals surface area contributed by atoms with Crippen molar-refractivity contribution in [1.29, 1.82) is 0 Å². The van der Waals surface area contributed by atoms with E-state index in [0.29, 0.717) is 5.69 Å². The molecule has 2 rings (SSSR count). The number of terminal acetylenes is 1. The van der Waals surface area contributed by atoms with E-state index in [4.69, 9.17) is 20.6 Å². The van der Waals surface area contributed by atoms with E-state index < -0.39 is 5.79 Å². The third kappa shape index (κ3) is 3.97. The standard InChI is InChI=1S/C19H22N2O4/c1-5-11-25-13-19(23-3,24-4)18(22)17-12-20-14-21(17)15(2)16-9-7-6-8-10-16/h1,6-10,12,14-15H,11,13H2,2-4H3/t15-/m1/s1. The van der Waals surface area contributed by atoms with Crippen LogP contribution >= 0.6 is 0 Å². The van der Waals surface area contributed by atoms with Gasteiger partial charge in [-0.15, -0.1) is 6.42 Å². The lowest BCUT2D eigenvalue weighted by Crippen LogP contribution is -2.48. The molecule has 132 valence electrons. The van der Waals surface area contributed by atoms with Gasteiger partial charge in [0, 0.05) is 14.2 Å². The first-order valence-electron chi connectivity index (χ1n) is 7.82. The Morgan fingerprint density at radius 1 is 1.32 bits per heavy atom. The second-order valence-corrected chi connectivity index (χ2v) is 5.46. The lowest BCUT2D eigenvalue weighted by Gasteiger charge is -2.29. The molecule has 0 radical (unpaired) electrons. The fourth-order valence-electron chi connectivity index (χ4n) is 2.57. The van der Waals surface area contributed by atoms with Crippen molar-refractivity contribution in [1.82, 2.24) is 9.55 Å². The molecule has 0 fully saturated rings. The molecule has 0 aliphatic rings. The summed E-state index contributed by atoms with van der Waals surface area (Å²) in [5.74, 6) is 0.393. The van der Waals surface area contributed by atoms with E-state index >= 15 is 0 Å². The topological polar surface area (TPSA) is 62.6 Å². The van der Waals surface area contributed by atoms with Crippen molar-refractivity contribution in [3.63, 3.8) is 0 Å². The molecule has 0 saturated heterocycles. The third-order valence-electron chi connectivity index (χ3n) is 4.08. The highest BCUT2D eigenvalue weighted by Gasteiger charge is 2.42. The smallest absolute Gasteiger partial charge is 0.259 e. The first-order valence-corrected chi connectivity index (χ1v) is 7.82. The molecule has 0 aliphatic heterocycles. The molecular weight excluding hydrogens is 320 g/mol. The number of imidazole rings is 1. The van der Waals surface area contributed by atoms with Crippen LogP contribution in [-0.4, -0.2) is 48.6 Å². The molecule has 1 atom stereocenters. The summed E-state index contributed by atoms with van der Waals surface area (Å²) in [5, 5.41) is 0. The molecule has 0 bridgehead atoms. The third-order valence-corrected chi connectivity index (χ3v) is 4.08. The van der Waals surface area contributed by atoms with Crippen LogP contribution in [-0.2, 0) is 14.2 Å². The molecule has 0 unspecified atom stereocenters. The molecule has 1 aromatic carbocycles. The van der Waals surface area contributed by atoms with E-state index in [1.54, 1.807) is 10.9 Å². The first kappa shape index (κ1) is 18.9. The van der Waals surface area contributed by atoms with Crippen molar-refractivity contribution in [2.75, 3.05) is 27.4 Å². The number of ketones is 1. The van der Waals surface area contributed by atoms with E-state index in [1.165, 1.54) is 20.4 Å². The Labute approximate surface area is 147 Å². The van der Waals surface area contributed by atoms with Gasteiger partial charge in [-0.2, -0.15) is 0 Å². The van der Waals surface area contributed by atoms with Gasteiger partial charge in [-0.3, -0.25) is 4.79 Å². The van der Waals surface area contributed by atoms with E-state index in [2.05, 4.69) is 10.9 Å². The zero-order chi connectivity index (χ0) is 18.3. The number of Topliss-reactive ketones (excluding diaryl/α,β-unsaturated/α-hetero) is 1. The van der Waals surface area contributed by atoms with Crippen LogP contribution in [0, 0.1) is 12.3 Å². The number of methoxy groups -OCH3 is 2. The van der Waals surface area contributed by atoms with E-state index in [9.17, 15) is 4.79 Å². The van der Waals surface area contributed by atoms with Gasteiger partial charge in [0.25, 0.3) is 5.79 Å². The highest BCUT2D eigenvalue weighted by Crippen LogP contribution is 2.24. The molecule has 0 spiro atoms. The van der Waals surface area contributed by atoms with Gasteiger partial charge >= 0.3 is 0 Å². The summed E-state index contributed by atoms with van der Waals surface area (Å²) >= 11 is 0. The Bertz CT molecular complexity index is 729. The van der Waals surface area contributed by atoms with Gasteiger partial charge in [0.1, 0.15) is 18.9 Å². The number of aromatic nitrogens is 2. The number of rotatable bonds is 9. The minimum Gasteiger partial charge on any atom is -0.363 e. The van der Waals surface area contributed by atoms with Gasteiger partial charge in [0.05, 0.1) is 18.6 Å². The zero-order valence-corrected chi connectivity index (χ0v) is 14.6. The van der Waals surface area contributed by atoms with E-state index in [0.717, 1.165) is 5.56 Å². The number of carbonyl (C=O) groups excluding carboxylic acids is 1. The summed E-state index contributed by atoms with van der Waals surface area (Å²) in [6.07, 6.45) is 8.29. The molecule has 0 aliphatic carbocycles. The normalized spacial score (nSPS) is 12.6. The Morgan fingerprint density at radius 3 is 2.60 bits per heavy atom. The first-order chi connectivity index (χ1) is 12.1. The molecule has 0 N–H and O–H groups in total. The largest absolute Gasteiger partial charge is 0.363 e. The molecule has 1 heterocycles. The predicted molar refractivity (Wildman–Crippen MR) is 93.2 cm³/mol.